The van der Waals surface area contributed by atoms with Crippen LogP contribution in [0, 0.1) is 0 Å². The molecule has 0 aliphatic carbocycles. The van der Waals surface area contributed by atoms with E-state index in [1.807, 2.05) is 6.08 Å². The van der Waals surface area contributed by atoms with Crippen LogP contribution in [0.2, 0.25) is 0 Å². The summed E-state index contributed by atoms with van der Waals surface area (Å²) in [6.45, 7) is 6.30. The second kappa shape index (κ2) is 12.2. The third kappa shape index (κ3) is 6.41. The Balaban J connectivity index is 1.62. The second-order valence-electron chi connectivity index (χ2n) is 8.45. The SMILES string of the molecule is O=C(O)C(=CC=CC=C(c1ccc(N2CCOCC2)cc1)c1ccc(N2CCOCC2)cc1)C(=O)O. The summed E-state index contributed by atoms with van der Waals surface area (Å²) in [6.07, 6.45) is 6.04. The fraction of sp³-hybridized carbons (Fsp3) is 0.286. The van der Waals surface area contributed by atoms with Gasteiger partial charge in [0.05, 0.1) is 26.4 Å². The number of hydrogen-bond acceptors (Lipinski definition) is 6. The second-order valence-corrected chi connectivity index (χ2v) is 8.45. The number of anilines is 2. The first kappa shape index (κ1) is 25.2. The lowest BCUT2D eigenvalue weighted by Gasteiger charge is -2.29. The van der Waals surface area contributed by atoms with Crippen molar-refractivity contribution in [2.24, 2.45) is 0 Å². The van der Waals surface area contributed by atoms with Gasteiger partial charge in [-0.3, -0.25) is 0 Å². The van der Waals surface area contributed by atoms with E-state index < -0.39 is 17.5 Å². The molecule has 8 heteroatoms. The van der Waals surface area contributed by atoms with E-state index in [2.05, 4.69) is 58.3 Å². The van der Waals surface area contributed by atoms with Crippen molar-refractivity contribution in [3.63, 3.8) is 0 Å². The number of rotatable bonds is 8. The van der Waals surface area contributed by atoms with Gasteiger partial charge in [-0.15, -0.1) is 0 Å². The molecule has 0 spiro atoms. The average molecular weight is 491 g/mol. The molecule has 2 aromatic carbocycles. The monoisotopic (exact) mass is 490 g/mol. The summed E-state index contributed by atoms with van der Waals surface area (Å²) < 4.78 is 10.9. The Hall–Kier alpha value is -3.88. The van der Waals surface area contributed by atoms with Crippen LogP contribution in [0.25, 0.3) is 5.57 Å². The zero-order valence-electron chi connectivity index (χ0n) is 20.0. The van der Waals surface area contributed by atoms with Crippen LogP contribution in [0.4, 0.5) is 11.4 Å². The van der Waals surface area contributed by atoms with Crippen molar-refractivity contribution in [3.8, 4) is 0 Å². The van der Waals surface area contributed by atoms with Crippen molar-refractivity contribution in [1.82, 2.24) is 0 Å². The quantitative estimate of drug-likeness (QED) is 0.251. The molecule has 4 rings (SSSR count). The maximum atomic E-state index is 11.1. The topological polar surface area (TPSA) is 99.5 Å². The molecule has 8 nitrogen and oxygen atoms in total. The van der Waals surface area contributed by atoms with Gasteiger partial charge in [0.25, 0.3) is 0 Å². The van der Waals surface area contributed by atoms with Gasteiger partial charge < -0.3 is 29.5 Å². The number of hydrogen-bond donors (Lipinski definition) is 2. The molecule has 0 aromatic heterocycles. The number of carboxylic acids is 2. The summed E-state index contributed by atoms with van der Waals surface area (Å²) in [5, 5.41) is 18.1. The van der Waals surface area contributed by atoms with Crippen molar-refractivity contribution in [2.75, 3.05) is 62.4 Å². The van der Waals surface area contributed by atoms with E-state index in [0.717, 1.165) is 86.8 Å². The van der Waals surface area contributed by atoms with Gasteiger partial charge in [-0.2, -0.15) is 0 Å². The molecular weight excluding hydrogens is 460 g/mol. The van der Waals surface area contributed by atoms with E-state index in [4.69, 9.17) is 19.7 Å². The van der Waals surface area contributed by atoms with E-state index in [-0.39, 0.29) is 0 Å². The first-order valence-corrected chi connectivity index (χ1v) is 11.9. The maximum Gasteiger partial charge on any atom is 0.343 e. The lowest BCUT2D eigenvalue weighted by atomic mass is 9.96. The van der Waals surface area contributed by atoms with Crippen molar-refractivity contribution in [2.45, 2.75) is 0 Å². The summed E-state index contributed by atoms with van der Waals surface area (Å²) in [7, 11) is 0. The molecular formula is C28H30N2O6. The highest BCUT2D eigenvalue weighted by Gasteiger charge is 2.15. The minimum absolute atomic E-state index is 0.689. The van der Waals surface area contributed by atoms with Gasteiger partial charge in [0, 0.05) is 37.6 Å². The zero-order chi connectivity index (χ0) is 25.3. The summed E-state index contributed by atoms with van der Waals surface area (Å²) in [6, 6.07) is 16.6. The van der Waals surface area contributed by atoms with Crippen molar-refractivity contribution < 1.29 is 29.3 Å². The number of morpholine rings is 2. The molecule has 36 heavy (non-hydrogen) atoms. The Morgan fingerprint density at radius 3 is 1.42 bits per heavy atom. The molecule has 0 saturated carbocycles. The Labute approximate surface area is 210 Å². The number of carboxylic acid groups (broad SMARTS) is 2. The van der Waals surface area contributed by atoms with Crippen molar-refractivity contribution >= 4 is 28.9 Å². The Bertz CT molecular complexity index is 1060. The smallest absolute Gasteiger partial charge is 0.343 e. The molecule has 2 fully saturated rings. The van der Waals surface area contributed by atoms with Gasteiger partial charge in [0.2, 0.25) is 0 Å². The highest BCUT2D eigenvalue weighted by atomic mass is 16.5. The lowest BCUT2D eigenvalue weighted by molar-refractivity contribution is -0.140. The van der Waals surface area contributed by atoms with Crippen LogP contribution >= 0.6 is 0 Å². The van der Waals surface area contributed by atoms with Crippen molar-refractivity contribution in [3.05, 3.63) is 89.5 Å². The molecule has 0 atom stereocenters. The van der Waals surface area contributed by atoms with Crippen LogP contribution in [0.15, 0.2) is 78.4 Å². The minimum atomic E-state index is -1.48. The Morgan fingerprint density at radius 1 is 0.639 bits per heavy atom. The third-order valence-electron chi connectivity index (χ3n) is 6.21. The van der Waals surface area contributed by atoms with Gasteiger partial charge in [-0.1, -0.05) is 42.5 Å². The van der Waals surface area contributed by atoms with E-state index in [1.165, 1.54) is 6.08 Å². The molecule has 188 valence electrons. The summed E-state index contributed by atoms with van der Waals surface area (Å²) >= 11 is 0. The zero-order valence-corrected chi connectivity index (χ0v) is 20.0. The molecule has 0 radical (unpaired) electrons. The molecule has 2 aliphatic rings. The largest absolute Gasteiger partial charge is 0.477 e. The molecule has 0 amide bonds. The van der Waals surface area contributed by atoms with Crippen LogP contribution in [-0.2, 0) is 19.1 Å². The lowest BCUT2D eigenvalue weighted by Crippen LogP contribution is -2.36. The van der Waals surface area contributed by atoms with Gasteiger partial charge in [-0.25, -0.2) is 9.59 Å². The number of nitrogens with zero attached hydrogens (tertiary/aromatic N) is 2. The summed E-state index contributed by atoms with van der Waals surface area (Å²) in [4.78, 5) is 26.8. The highest BCUT2D eigenvalue weighted by molar-refractivity contribution is 6.12. The van der Waals surface area contributed by atoms with Crippen molar-refractivity contribution in [1.29, 1.82) is 0 Å². The van der Waals surface area contributed by atoms with E-state index >= 15 is 0 Å². The molecule has 2 aliphatic heterocycles. The van der Waals surface area contributed by atoms with Crippen LogP contribution in [0.3, 0.4) is 0 Å². The van der Waals surface area contributed by atoms with Crippen LogP contribution in [-0.4, -0.2) is 74.8 Å². The fourth-order valence-electron chi connectivity index (χ4n) is 4.24. The number of benzene rings is 2. The van der Waals surface area contributed by atoms with Gasteiger partial charge >= 0.3 is 11.9 Å². The molecule has 2 heterocycles. The van der Waals surface area contributed by atoms with E-state index in [0.29, 0.717) is 0 Å². The predicted octanol–water partition coefficient (Wildman–Crippen LogP) is 3.44. The molecule has 0 bridgehead atoms. The van der Waals surface area contributed by atoms with Crippen LogP contribution in [0.1, 0.15) is 11.1 Å². The summed E-state index contributed by atoms with van der Waals surface area (Å²) in [5.74, 6) is -2.96. The number of aliphatic carboxylic acids is 2. The first-order chi connectivity index (χ1) is 17.5. The fourth-order valence-corrected chi connectivity index (χ4v) is 4.24. The molecule has 2 N–H and O–H groups in total. The minimum Gasteiger partial charge on any atom is -0.477 e. The summed E-state index contributed by atoms with van der Waals surface area (Å²) in [5.41, 5.74) is 4.51. The van der Waals surface area contributed by atoms with Gasteiger partial charge in [0.1, 0.15) is 5.57 Å². The molecule has 2 saturated heterocycles. The van der Waals surface area contributed by atoms with Gasteiger partial charge in [-0.05, 0) is 47.0 Å². The van der Waals surface area contributed by atoms with E-state index in [9.17, 15) is 9.59 Å². The maximum absolute atomic E-state index is 11.1. The normalized spacial score (nSPS) is 16.0. The average Bonchev–Trinajstić information content (AvgIpc) is 2.92. The van der Waals surface area contributed by atoms with E-state index in [1.54, 1.807) is 6.08 Å². The number of carbonyl (C=O) groups is 2. The van der Waals surface area contributed by atoms with Crippen LogP contribution < -0.4 is 9.80 Å². The Kier molecular flexibility index (Phi) is 8.54. The number of ether oxygens (including phenoxy) is 2. The van der Waals surface area contributed by atoms with Crippen LogP contribution in [0.5, 0.6) is 0 Å². The standard InChI is InChI=1S/C28H30N2O6/c31-27(32)26(28(33)34)4-2-1-3-25(21-5-9-23(10-6-21)29-13-17-35-18-14-29)22-7-11-24(12-8-22)30-15-19-36-20-16-30/h1-12H,13-20H2,(H,31,32)(H,33,34). The predicted molar refractivity (Wildman–Crippen MR) is 139 cm³/mol. The first-order valence-electron chi connectivity index (χ1n) is 11.9. The van der Waals surface area contributed by atoms with Gasteiger partial charge in [0.15, 0.2) is 0 Å². The Morgan fingerprint density at radius 2 is 1.03 bits per heavy atom. The molecule has 0 unspecified atom stereocenters. The third-order valence-corrected chi connectivity index (χ3v) is 6.21. The number of allylic oxidation sites excluding steroid dienone is 4. The molecule has 2 aromatic rings. The highest BCUT2D eigenvalue weighted by Crippen LogP contribution is 2.28.